The first-order chi connectivity index (χ1) is 11.6. The molecule has 2 heterocycles. The number of carbonyl (C=O) groups excluding carboxylic acids is 1. The van der Waals surface area contributed by atoms with Gasteiger partial charge in [-0.15, -0.1) is 0 Å². The molecule has 128 valence electrons. The molecular formula is C18H22ClN2O3+. The number of furan rings is 1. The number of aryl methyl sites for hydroxylation is 1. The number of halogens is 1. The highest BCUT2D eigenvalue weighted by Crippen LogP contribution is 2.24. The van der Waals surface area contributed by atoms with E-state index in [1.54, 1.807) is 13.0 Å². The second-order valence-electron chi connectivity index (χ2n) is 6.04. The van der Waals surface area contributed by atoms with Gasteiger partial charge in [0.25, 0.3) is 0 Å². The Hall–Kier alpha value is -1.98. The Morgan fingerprint density at radius 2 is 2.04 bits per heavy atom. The van der Waals surface area contributed by atoms with E-state index in [4.69, 9.17) is 20.8 Å². The van der Waals surface area contributed by atoms with Crippen LogP contribution in [0, 0.1) is 6.92 Å². The zero-order valence-electron chi connectivity index (χ0n) is 14.0. The van der Waals surface area contributed by atoms with Crippen LogP contribution >= 0.6 is 11.6 Å². The maximum absolute atomic E-state index is 11.7. The average Bonchev–Trinajstić information content (AvgIpc) is 2.96. The summed E-state index contributed by atoms with van der Waals surface area (Å²) in [6, 6.07) is 9.75. The fraction of sp³-hybridized carbons (Fsp3) is 0.389. The van der Waals surface area contributed by atoms with Gasteiger partial charge in [0.1, 0.15) is 17.9 Å². The molecule has 0 amide bonds. The number of hydrogen-bond acceptors (Lipinski definition) is 4. The van der Waals surface area contributed by atoms with Crippen LogP contribution in [0.25, 0.3) is 0 Å². The summed E-state index contributed by atoms with van der Waals surface area (Å²) in [5, 5.41) is 0.797. The molecule has 3 rings (SSSR count). The average molecular weight is 350 g/mol. The zero-order valence-corrected chi connectivity index (χ0v) is 14.7. The summed E-state index contributed by atoms with van der Waals surface area (Å²) in [4.78, 5) is 15.4. The van der Waals surface area contributed by atoms with Crippen molar-refractivity contribution in [1.29, 1.82) is 0 Å². The van der Waals surface area contributed by atoms with Gasteiger partial charge in [-0.25, -0.2) is 4.79 Å². The molecule has 1 N–H and O–H groups in total. The first-order valence-corrected chi connectivity index (χ1v) is 8.47. The number of para-hydroxylation sites is 1. The fourth-order valence-electron chi connectivity index (χ4n) is 3.14. The molecular weight excluding hydrogens is 328 g/mol. The zero-order chi connectivity index (χ0) is 17.1. The van der Waals surface area contributed by atoms with Crippen molar-refractivity contribution in [1.82, 2.24) is 0 Å². The lowest BCUT2D eigenvalue weighted by molar-refractivity contribution is -0.915. The van der Waals surface area contributed by atoms with Crippen LogP contribution in [-0.4, -0.2) is 39.3 Å². The lowest BCUT2D eigenvalue weighted by Gasteiger charge is -2.33. The highest BCUT2D eigenvalue weighted by Gasteiger charge is 2.24. The molecule has 5 nitrogen and oxygen atoms in total. The van der Waals surface area contributed by atoms with Gasteiger partial charge in [0.15, 0.2) is 5.76 Å². The summed E-state index contributed by atoms with van der Waals surface area (Å²) in [5.41, 5.74) is 1.61. The Morgan fingerprint density at radius 3 is 2.71 bits per heavy atom. The van der Waals surface area contributed by atoms with E-state index in [1.807, 2.05) is 18.2 Å². The number of benzene rings is 1. The van der Waals surface area contributed by atoms with Crippen LogP contribution in [0.3, 0.4) is 0 Å². The van der Waals surface area contributed by atoms with E-state index >= 15 is 0 Å². The summed E-state index contributed by atoms with van der Waals surface area (Å²) >= 11 is 6.28. The molecule has 0 radical (unpaired) electrons. The minimum absolute atomic E-state index is 0.346. The smallest absolute Gasteiger partial charge is 0.341 e. The van der Waals surface area contributed by atoms with Gasteiger partial charge in [-0.1, -0.05) is 23.7 Å². The first-order valence-electron chi connectivity index (χ1n) is 8.09. The van der Waals surface area contributed by atoms with Crippen molar-refractivity contribution in [2.24, 2.45) is 0 Å². The van der Waals surface area contributed by atoms with E-state index in [9.17, 15) is 4.79 Å². The number of ether oxygens (including phenoxy) is 1. The van der Waals surface area contributed by atoms with Gasteiger partial charge in [0.05, 0.1) is 44.0 Å². The van der Waals surface area contributed by atoms with Crippen LogP contribution in [0.2, 0.25) is 5.02 Å². The van der Waals surface area contributed by atoms with E-state index in [0.29, 0.717) is 11.3 Å². The largest absolute Gasteiger partial charge is 0.465 e. The van der Waals surface area contributed by atoms with Crippen molar-refractivity contribution in [2.75, 3.05) is 38.2 Å². The van der Waals surface area contributed by atoms with Crippen molar-refractivity contribution in [2.45, 2.75) is 13.5 Å². The van der Waals surface area contributed by atoms with E-state index in [-0.39, 0.29) is 5.97 Å². The van der Waals surface area contributed by atoms with Crippen LogP contribution in [-0.2, 0) is 11.3 Å². The third kappa shape index (κ3) is 3.57. The summed E-state index contributed by atoms with van der Waals surface area (Å²) in [6.45, 7) is 6.46. The topological polar surface area (TPSA) is 47.1 Å². The van der Waals surface area contributed by atoms with Crippen LogP contribution in [0.1, 0.15) is 21.9 Å². The molecule has 6 heteroatoms. The van der Waals surface area contributed by atoms with Gasteiger partial charge < -0.3 is 19.0 Å². The number of quaternary nitrogens is 1. The van der Waals surface area contributed by atoms with Crippen LogP contribution in [0.15, 0.2) is 34.7 Å². The van der Waals surface area contributed by atoms with Crippen molar-refractivity contribution >= 4 is 23.3 Å². The number of nitrogens with zero attached hydrogens (tertiary/aromatic N) is 1. The predicted molar refractivity (Wildman–Crippen MR) is 92.9 cm³/mol. The molecule has 0 atom stereocenters. The normalized spacial score (nSPS) is 15.5. The lowest BCUT2D eigenvalue weighted by Crippen LogP contribution is -3.13. The minimum Gasteiger partial charge on any atom is -0.465 e. The number of hydrogen-bond donors (Lipinski definition) is 1. The number of carbonyl (C=O) groups is 1. The molecule has 0 bridgehead atoms. The number of methoxy groups -OCH3 is 1. The molecule has 1 aromatic heterocycles. The molecule has 0 aliphatic carbocycles. The molecule has 2 aromatic rings. The van der Waals surface area contributed by atoms with Crippen LogP contribution < -0.4 is 9.80 Å². The van der Waals surface area contributed by atoms with Gasteiger partial charge in [-0.2, -0.15) is 0 Å². The van der Waals surface area contributed by atoms with Crippen molar-refractivity contribution < 1.29 is 18.8 Å². The molecule has 1 saturated heterocycles. The van der Waals surface area contributed by atoms with E-state index < -0.39 is 0 Å². The molecule has 1 fully saturated rings. The lowest BCUT2D eigenvalue weighted by atomic mass is 10.2. The third-order valence-corrected chi connectivity index (χ3v) is 4.78. The van der Waals surface area contributed by atoms with Gasteiger partial charge in [0, 0.05) is 6.07 Å². The summed E-state index contributed by atoms with van der Waals surface area (Å²) < 4.78 is 10.5. The number of piperazine rings is 1. The number of nitrogens with one attached hydrogen (secondary N) is 1. The van der Waals surface area contributed by atoms with E-state index in [2.05, 4.69) is 11.0 Å². The maximum atomic E-state index is 11.7. The maximum Gasteiger partial charge on any atom is 0.341 e. The Kier molecular flexibility index (Phi) is 5.11. The number of anilines is 1. The second-order valence-corrected chi connectivity index (χ2v) is 6.45. The molecule has 1 aliphatic rings. The molecule has 0 unspecified atom stereocenters. The Balaban J connectivity index is 1.60. The van der Waals surface area contributed by atoms with Crippen LogP contribution in [0.5, 0.6) is 0 Å². The highest BCUT2D eigenvalue weighted by molar-refractivity contribution is 6.33. The minimum atomic E-state index is -0.346. The third-order valence-electron chi connectivity index (χ3n) is 4.46. The highest BCUT2D eigenvalue weighted by atomic mass is 35.5. The summed E-state index contributed by atoms with van der Waals surface area (Å²) in [7, 11) is 1.38. The van der Waals surface area contributed by atoms with Gasteiger partial charge in [-0.05, 0) is 19.1 Å². The number of esters is 1. The SMILES string of the molecule is COC(=O)c1cc(C[NH+]2CCN(c3ccccc3Cl)CC2)oc1C. The Bertz CT molecular complexity index is 721. The van der Waals surface area contributed by atoms with Gasteiger partial charge in [0.2, 0.25) is 0 Å². The molecule has 1 aromatic carbocycles. The van der Waals surface area contributed by atoms with Gasteiger partial charge >= 0.3 is 5.97 Å². The Morgan fingerprint density at radius 1 is 1.33 bits per heavy atom. The second kappa shape index (κ2) is 7.28. The first kappa shape index (κ1) is 16.9. The monoisotopic (exact) mass is 349 g/mol. The molecule has 0 spiro atoms. The molecule has 1 aliphatic heterocycles. The van der Waals surface area contributed by atoms with E-state index in [0.717, 1.165) is 49.2 Å². The van der Waals surface area contributed by atoms with Crippen molar-refractivity contribution in [3.8, 4) is 0 Å². The fourth-order valence-corrected chi connectivity index (χ4v) is 3.39. The summed E-state index contributed by atoms with van der Waals surface area (Å²) in [5.74, 6) is 1.10. The Labute approximate surface area is 146 Å². The molecule has 0 saturated carbocycles. The number of rotatable bonds is 4. The van der Waals surface area contributed by atoms with Crippen molar-refractivity contribution in [3.63, 3.8) is 0 Å². The standard InChI is InChI=1S/C18H21ClN2O3/c1-13-15(18(22)23-2)11-14(24-13)12-20-7-9-21(10-8-20)17-6-4-3-5-16(17)19/h3-6,11H,7-10,12H2,1-2H3/p+1. The quantitative estimate of drug-likeness (QED) is 0.857. The summed E-state index contributed by atoms with van der Waals surface area (Å²) in [6.07, 6.45) is 0. The predicted octanol–water partition coefficient (Wildman–Crippen LogP) is 1.93. The van der Waals surface area contributed by atoms with Crippen LogP contribution in [0.4, 0.5) is 5.69 Å². The molecule has 24 heavy (non-hydrogen) atoms. The van der Waals surface area contributed by atoms with E-state index in [1.165, 1.54) is 12.0 Å². The van der Waals surface area contributed by atoms with Crippen molar-refractivity contribution in [3.05, 3.63) is 52.4 Å². The van der Waals surface area contributed by atoms with Gasteiger partial charge in [-0.3, -0.25) is 0 Å².